The Hall–Kier alpha value is -1.37. The first kappa shape index (κ1) is 65.6. The number of carbonyl (C=O) groups is 1. The molecule has 0 bridgehead atoms. The van der Waals surface area contributed by atoms with E-state index in [0.717, 1.165) is 57.8 Å². The van der Waals surface area contributed by atoms with Crippen LogP contribution in [0.25, 0.3) is 0 Å². The molecule has 10 nitrogen and oxygen atoms in total. The van der Waals surface area contributed by atoms with Gasteiger partial charge in [-0.1, -0.05) is 263 Å². The third-order valence-corrected chi connectivity index (χ3v) is 14.4. The first-order valence-corrected chi connectivity index (χ1v) is 29.6. The Labute approximate surface area is 424 Å². The maximum Gasteiger partial charge on any atom is 0.249 e. The van der Waals surface area contributed by atoms with E-state index in [0.29, 0.717) is 12.8 Å². The molecule has 8 unspecified atom stereocenters. The van der Waals surface area contributed by atoms with Gasteiger partial charge in [0.25, 0.3) is 0 Å². The molecule has 0 aromatic carbocycles. The number of rotatable bonds is 51. The lowest BCUT2D eigenvalue weighted by atomic mass is 9.99. The van der Waals surface area contributed by atoms with Crippen LogP contribution < -0.4 is 5.32 Å². The lowest BCUT2D eigenvalue weighted by Crippen LogP contribution is -2.60. The molecule has 69 heavy (non-hydrogen) atoms. The molecular formula is C59H113NO9. The highest BCUT2D eigenvalue weighted by atomic mass is 16.7. The van der Waals surface area contributed by atoms with Gasteiger partial charge in [0.2, 0.25) is 5.91 Å². The molecule has 0 saturated carbocycles. The second-order valence-electron chi connectivity index (χ2n) is 20.9. The summed E-state index contributed by atoms with van der Waals surface area (Å²) in [6, 6.07) is -0.892. The van der Waals surface area contributed by atoms with E-state index >= 15 is 0 Å². The molecule has 8 atom stereocenters. The van der Waals surface area contributed by atoms with Gasteiger partial charge in [-0.2, -0.15) is 0 Å². The van der Waals surface area contributed by atoms with Gasteiger partial charge in [0.1, 0.15) is 30.5 Å². The number of nitrogens with one attached hydrogen (secondary N) is 1. The van der Waals surface area contributed by atoms with E-state index in [1.165, 1.54) is 199 Å². The lowest BCUT2D eigenvalue weighted by molar-refractivity contribution is -0.302. The SMILES string of the molecule is CCCCCCCCCCC/C=C\C/C=C\CCCCCCCCCCCCCCCCCCC(O)C(=O)NC(COC1OC(CO)C(O)C(O)C1O)C(O)CCCCCCCCCCCCCC. The molecule has 0 aromatic rings. The Morgan fingerprint density at radius 1 is 0.493 bits per heavy atom. The first-order valence-electron chi connectivity index (χ1n) is 29.6. The van der Waals surface area contributed by atoms with E-state index in [-0.39, 0.29) is 6.61 Å². The zero-order valence-corrected chi connectivity index (χ0v) is 44.9. The number of amides is 1. The zero-order chi connectivity index (χ0) is 50.3. The molecule has 0 aromatic heterocycles. The summed E-state index contributed by atoms with van der Waals surface area (Å²) >= 11 is 0. The van der Waals surface area contributed by atoms with Gasteiger partial charge >= 0.3 is 0 Å². The maximum absolute atomic E-state index is 13.1. The second kappa shape index (κ2) is 48.9. The molecule has 1 fully saturated rings. The fourth-order valence-electron chi connectivity index (χ4n) is 9.61. The van der Waals surface area contributed by atoms with Gasteiger partial charge in [-0.05, 0) is 44.9 Å². The van der Waals surface area contributed by atoms with E-state index in [2.05, 4.69) is 43.5 Å². The van der Waals surface area contributed by atoms with Crippen LogP contribution in [0.5, 0.6) is 0 Å². The summed E-state index contributed by atoms with van der Waals surface area (Å²) in [5.41, 5.74) is 0. The standard InChI is InChI=1S/C59H113NO9/c1-3-5-7-9-11-13-15-17-18-19-20-21-22-23-24-25-26-27-28-29-30-31-32-33-34-35-36-38-40-42-44-46-48-53(63)58(67)60-51(50-68-59-57(66)56(65)55(64)54(49-61)69-59)52(62)47-45-43-41-39-37-16-14-12-10-8-6-4-2/h20-21,23-24,51-57,59,61-66H,3-19,22,25-50H2,1-2H3,(H,60,67)/b21-20-,24-23-. The molecule has 408 valence electrons. The van der Waals surface area contributed by atoms with Gasteiger partial charge in [-0.25, -0.2) is 0 Å². The summed E-state index contributed by atoms with van der Waals surface area (Å²) in [5.74, 6) is -0.581. The van der Waals surface area contributed by atoms with Gasteiger partial charge in [0, 0.05) is 0 Å². The van der Waals surface area contributed by atoms with Crippen molar-refractivity contribution in [3.63, 3.8) is 0 Å². The molecule has 0 radical (unpaired) electrons. The fraction of sp³-hybridized carbons (Fsp3) is 0.915. The number of carbonyl (C=O) groups excluding carboxylic acids is 1. The summed E-state index contributed by atoms with van der Waals surface area (Å²) in [6.07, 6.45) is 51.2. The van der Waals surface area contributed by atoms with Crippen LogP contribution in [0.4, 0.5) is 0 Å². The highest BCUT2D eigenvalue weighted by Gasteiger charge is 2.44. The van der Waals surface area contributed by atoms with E-state index in [1.54, 1.807) is 0 Å². The highest BCUT2D eigenvalue weighted by molar-refractivity contribution is 5.80. The Balaban J connectivity index is 2.13. The number of aliphatic hydroxyl groups is 6. The average molecular weight is 981 g/mol. The third kappa shape index (κ3) is 38.0. The zero-order valence-electron chi connectivity index (χ0n) is 44.9. The van der Waals surface area contributed by atoms with Crippen molar-refractivity contribution in [1.29, 1.82) is 0 Å². The molecule has 1 amide bonds. The molecule has 0 aliphatic carbocycles. The molecular weight excluding hydrogens is 867 g/mol. The number of aliphatic hydroxyl groups excluding tert-OH is 6. The number of hydrogen-bond donors (Lipinski definition) is 7. The summed E-state index contributed by atoms with van der Waals surface area (Å²) in [4.78, 5) is 13.1. The van der Waals surface area contributed by atoms with Gasteiger partial charge in [0.05, 0.1) is 25.4 Å². The van der Waals surface area contributed by atoms with Crippen molar-refractivity contribution >= 4 is 5.91 Å². The summed E-state index contributed by atoms with van der Waals surface area (Å²) in [7, 11) is 0. The molecule has 1 saturated heterocycles. The van der Waals surface area contributed by atoms with E-state index in [1.807, 2.05) is 0 Å². The molecule has 1 heterocycles. The molecule has 10 heteroatoms. The van der Waals surface area contributed by atoms with Crippen molar-refractivity contribution in [3.05, 3.63) is 24.3 Å². The molecule has 0 spiro atoms. The molecule has 1 rings (SSSR count). The van der Waals surface area contributed by atoms with Crippen LogP contribution in [0.2, 0.25) is 0 Å². The van der Waals surface area contributed by atoms with Crippen LogP contribution in [-0.4, -0.2) is 98.7 Å². The smallest absolute Gasteiger partial charge is 0.249 e. The van der Waals surface area contributed by atoms with E-state index in [4.69, 9.17) is 9.47 Å². The van der Waals surface area contributed by atoms with Crippen LogP contribution in [0.15, 0.2) is 24.3 Å². The van der Waals surface area contributed by atoms with Gasteiger partial charge in [-0.15, -0.1) is 0 Å². The second-order valence-corrected chi connectivity index (χ2v) is 20.9. The average Bonchev–Trinajstić information content (AvgIpc) is 3.35. The summed E-state index contributed by atoms with van der Waals surface area (Å²) in [5, 5.41) is 65.1. The third-order valence-electron chi connectivity index (χ3n) is 14.4. The predicted molar refractivity (Wildman–Crippen MR) is 287 cm³/mol. The van der Waals surface area contributed by atoms with Crippen LogP contribution >= 0.6 is 0 Å². The highest BCUT2D eigenvalue weighted by Crippen LogP contribution is 2.23. The normalized spacial score (nSPS) is 20.0. The number of allylic oxidation sites excluding steroid dienone is 4. The molecule has 7 N–H and O–H groups in total. The lowest BCUT2D eigenvalue weighted by Gasteiger charge is -2.40. The van der Waals surface area contributed by atoms with Crippen LogP contribution in [0.1, 0.15) is 284 Å². The predicted octanol–water partition coefficient (Wildman–Crippen LogP) is 13.5. The Morgan fingerprint density at radius 2 is 0.855 bits per heavy atom. The monoisotopic (exact) mass is 980 g/mol. The fourth-order valence-corrected chi connectivity index (χ4v) is 9.61. The van der Waals surface area contributed by atoms with Crippen molar-refractivity contribution in [2.45, 2.75) is 332 Å². The van der Waals surface area contributed by atoms with Crippen molar-refractivity contribution in [1.82, 2.24) is 5.32 Å². The number of unbranched alkanes of at least 4 members (excludes halogenated alkanes) is 36. The minimum absolute atomic E-state index is 0.253. The molecule has 1 aliphatic rings. The topological polar surface area (TPSA) is 169 Å². The Morgan fingerprint density at radius 3 is 1.25 bits per heavy atom. The number of ether oxygens (including phenoxy) is 2. The van der Waals surface area contributed by atoms with Crippen LogP contribution in [0, 0.1) is 0 Å². The van der Waals surface area contributed by atoms with E-state index in [9.17, 15) is 35.4 Å². The van der Waals surface area contributed by atoms with Crippen molar-refractivity contribution in [2.75, 3.05) is 13.2 Å². The summed E-state index contributed by atoms with van der Waals surface area (Å²) < 4.78 is 11.2. The van der Waals surface area contributed by atoms with Crippen molar-refractivity contribution in [3.8, 4) is 0 Å². The van der Waals surface area contributed by atoms with Gasteiger partial charge in [0.15, 0.2) is 6.29 Å². The van der Waals surface area contributed by atoms with E-state index < -0.39 is 61.5 Å². The quantitative estimate of drug-likeness (QED) is 0.0232. The van der Waals surface area contributed by atoms with Gasteiger partial charge in [-0.3, -0.25) is 4.79 Å². The Kier molecular flexibility index (Phi) is 46.5. The van der Waals surface area contributed by atoms with Crippen LogP contribution in [-0.2, 0) is 14.3 Å². The van der Waals surface area contributed by atoms with Crippen LogP contribution in [0.3, 0.4) is 0 Å². The minimum Gasteiger partial charge on any atom is -0.394 e. The Bertz CT molecular complexity index is 1150. The summed E-state index contributed by atoms with van der Waals surface area (Å²) in [6.45, 7) is 3.69. The molecule has 1 aliphatic heterocycles. The van der Waals surface area contributed by atoms with Gasteiger partial charge < -0.3 is 45.4 Å². The first-order chi connectivity index (χ1) is 33.8. The minimum atomic E-state index is -1.60. The maximum atomic E-state index is 13.1. The van der Waals surface area contributed by atoms with Crippen molar-refractivity contribution < 1.29 is 44.9 Å². The number of hydrogen-bond acceptors (Lipinski definition) is 9. The van der Waals surface area contributed by atoms with Crippen molar-refractivity contribution in [2.24, 2.45) is 0 Å². The largest absolute Gasteiger partial charge is 0.394 e.